The van der Waals surface area contributed by atoms with E-state index in [1.807, 2.05) is 0 Å². The van der Waals surface area contributed by atoms with Crippen molar-refractivity contribution in [3.05, 3.63) is 20.8 Å². The summed E-state index contributed by atoms with van der Waals surface area (Å²) in [7, 11) is 0. The molecule has 1 saturated heterocycles. The van der Waals surface area contributed by atoms with Gasteiger partial charge in [0, 0.05) is 13.0 Å². The first-order valence-electron chi connectivity index (χ1n) is 7.24. The van der Waals surface area contributed by atoms with Crippen molar-refractivity contribution in [3.8, 4) is 0 Å². The summed E-state index contributed by atoms with van der Waals surface area (Å²) in [5.74, 6) is -0.0434. The standard InChI is InChI=1S/C14H21Br2N3O/c1-10-5-2-3-7-19(10)8-4-6-17-14(20)12-9-11(15)13(16)18-12/h9-10,18H,2-8H2,1H3,(H,17,20)/p+1/t10-/m0/s1. The minimum atomic E-state index is -0.0434. The molecule has 6 heteroatoms. The normalized spacial score (nSPS) is 22.8. The Morgan fingerprint density at radius 3 is 2.95 bits per heavy atom. The number of carbonyl (C=O) groups is 1. The van der Waals surface area contributed by atoms with Gasteiger partial charge >= 0.3 is 0 Å². The van der Waals surface area contributed by atoms with Crippen LogP contribution in [0.1, 0.15) is 43.1 Å². The molecule has 3 N–H and O–H groups in total. The fourth-order valence-corrected chi connectivity index (χ4v) is 3.42. The fraction of sp³-hybridized carbons (Fsp3) is 0.643. The molecular formula is C14H22Br2N3O+. The lowest BCUT2D eigenvalue weighted by molar-refractivity contribution is -0.928. The van der Waals surface area contributed by atoms with E-state index in [4.69, 9.17) is 0 Å². The highest BCUT2D eigenvalue weighted by Gasteiger charge is 2.21. The summed E-state index contributed by atoms with van der Waals surface area (Å²) in [5, 5.41) is 2.97. The predicted octanol–water partition coefficient (Wildman–Crippen LogP) is 2.12. The SMILES string of the molecule is C[C@H]1CCCC[NH+]1CCCNC(=O)c1cc(Br)c(Br)[nH]1. The van der Waals surface area contributed by atoms with E-state index >= 15 is 0 Å². The molecule has 20 heavy (non-hydrogen) atoms. The Morgan fingerprint density at radius 2 is 2.30 bits per heavy atom. The van der Waals surface area contributed by atoms with Crippen molar-refractivity contribution >= 4 is 37.8 Å². The predicted molar refractivity (Wildman–Crippen MR) is 87.2 cm³/mol. The Bertz CT molecular complexity index is 442. The van der Waals surface area contributed by atoms with Crippen LogP contribution in [0, 0.1) is 0 Å². The van der Waals surface area contributed by atoms with E-state index in [2.05, 4.69) is 49.1 Å². The van der Waals surface area contributed by atoms with Gasteiger partial charge in [0.1, 0.15) is 5.69 Å². The maximum atomic E-state index is 11.9. The van der Waals surface area contributed by atoms with Crippen molar-refractivity contribution in [1.82, 2.24) is 10.3 Å². The number of halogens is 2. The average molecular weight is 408 g/mol. The molecule has 4 nitrogen and oxygen atoms in total. The van der Waals surface area contributed by atoms with Crippen molar-refractivity contribution in [2.75, 3.05) is 19.6 Å². The number of hydrogen-bond donors (Lipinski definition) is 3. The third-order valence-corrected chi connectivity index (χ3v) is 5.79. The molecule has 0 radical (unpaired) electrons. The number of H-pyrrole nitrogens is 1. The van der Waals surface area contributed by atoms with Gasteiger partial charge in [-0.25, -0.2) is 0 Å². The second-order valence-electron chi connectivity index (χ2n) is 5.51. The molecule has 0 saturated carbocycles. The average Bonchev–Trinajstić information content (AvgIpc) is 2.76. The lowest BCUT2D eigenvalue weighted by Crippen LogP contribution is -3.16. The Kier molecular flexibility index (Phi) is 6.11. The van der Waals surface area contributed by atoms with E-state index in [0.717, 1.165) is 34.6 Å². The molecule has 1 aliphatic rings. The number of hydrogen-bond acceptors (Lipinski definition) is 1. The minimum absolute atomic E-state index is 0.0434. The topological polar surface area (TPSA) is 49.3 Å². The molecule has 112 valence electrons. The highest BCUT2D eigenvalue weighted by molar-refractivity contribution is 9.13. The van der Waals surface area contributed by atoms with Crippen LogP contribution in [0.25, 0.3) is 0 Å². The molecule has 1 unspecified atom stereocenters. The van der Waals surface area contributed by atoms with E-state index in [0.29, 0.717) is 5.69 Å². The van der Waals surface area contributed by atoms with Crippen LogP contribution < -0.4 is 10.2 Å². The van der Waals surface area contributed by atoms with Crippen LogP contribution in [0.15, 0.2) is 15.1 Å². The van der Waals surface area contributed by atoms with Crippen LogP contribution in [-0.2, 0) is 0 Å². The van der Waals surface area contributed by atoms with Gasteiger partial charge < -0.3 is 15.2 Å². The second kappa shape index (κ2) is 7.61. The number of likely N-dealkylation sites (tertiary alicyclic amines) is 1. The largest absolute Gasteiger partial charge is 0.351 e. The first-order chi connectivity index (χ1) is 9.58. The number of aromatic nitrogens is 1. The molecule has 0 spiro atoms. The lowest BCUT2D eigenvalue weighted by atomic mass is 10.0. The second-order valence-corrected chi connectivity index (χ2v) is 7.16. The smallest absolute Gasteiger partial charge is 0.267 e. The molecule has 1 aromatic heterocycles. The van der Waals surface area contributed by atoms with Crippen LogP contribution in [0.3, 0.4) is 0 Å². The Labute approximate surface area is 136 Å². The maximum Gasteiger partial charge on any atom is 0.267 e. The molecule has 1 fully saturated rings. The summed E-state index contributed by atoms with van der Waals surface area (Å²) in [4.78, 5) is 16.6. The van der Waals surface area contributed by atoms with Gasteiger partial charge in [-0.15, -0.1) is 0 Å². The molecule has 2 rings (SSSR count). The third-order valence-electron chi connectivity index (χ3n) is 4.01. The number of amides is 1. The van der Waals surface area contributed by atoms with E-state index < -0.39 is 0 Å². The summed E-state index contributed by atoms with van der Waals surface area (Å²) in [6, 6.07) is 2.56. The zero-order chi connectivity index (χ0) is 14.5. The molecule has 2 atom stereocenters. The van der Waals surface area contributed by atoms with Gasteiger partial charge in [0.05, 0.1) is 28.2 Å². The Morgan fingerprint density at radius 1 is 1.50 bits per heavy atom. The van der Waals surface area contributed by atoms with Crippen LogP contribution in [-0.4, -0.2) is 36.6 Å². The number of aromatic amines is 1. The maximum absolute atomic E-state index is 11.9. The summed E-state index contributed by atoms with van der Waals surface area (Å²) >= 11 is 6.70. The highest BCUT2D eigenvalue weighted by Crippen LogP contribution is 2.22. The molecule has 1 aromatic rings. The van der Waals surface area contributed by atoms with Crippen molar-refractivity contribution in [2.24, 2.45) is 0 Å². The number of piperidine rings is 1. The summed E-state index contributed by atoms with van der Waals surface area (Å²) in [6.07, 6.45) is 5.09. The molecule has 0 bridgehead atoms. The van der Waals surface area contributed by atoms with Crippen molar-refractivity contribution in [3.63, 3.8) is 0 Å². The van der Waals surface area contributed by atoms with Gasteiger partial charge in [0.2, 0.25) is 0 Å². The van der Waals surface area contributed by atoms with Gasteiger partial charge in [-0.1, -0.05) is 0 Å². The minimum Gasteiger partial charge on any atom is -0.351 e. The number of quaternary nitrogens is 1. The number of carbonyl (C=O) groups excluding carboxylic acids is 1. The number of rotatable bonds is 5. The Hall–Kier alpha value is -0.330. The van der Waals surface area contributed by atoms with Gasteiger partial charge in [-0.05, 0) is 64.1 Å². The molecule has 0 aromatic carbocycles. The van der Waals surface area contributed by atoms with Crippen LogP contribution in [0.5, 0.6) is 0 Å². The van der Waals surface area contributed by atoms with Crippen LogP contribution >= 0.6 is 31.9 Å². The summed E-state index contributed by atoms with van der Waals surface area (Å²) in [6.45, 7) is 5.51. The van der Waals surface area contributed by atoms with Crippen LogP contribution in [0.4, 0.5) is 0 Å². The summed E-state index contributed by atoms with van der Waals surface area (Å²) < 4.78 is 1.67. The number of nitrogens with one attached hydrogen (secondary N) is 3. The van der Waals surface area contributed by atoms with Gasteiger partial charge in [-0.3, -0.25) is 4.79 Å². The first-order valence-corrected chi connectivity index (χ1v) is 8.83. The fourth-order valence-electron chi connectivity index (χ4n) is 2.76. The molecule has 2 heterocycles. The Balaban J connectivity index is 1.69. The van der Waals surface area contributed by atoms with Crippen molar-refractivity contribution in [2.45, 2.75) is 38.6 Å². The van der Waals surface area contributed by atoms with E-state index in [1.165, 1.54) is 25.8 Å². The zero-order valence-electron chi connectivity index (χ0n) is 11.8. The first kappa shape index (κ1) is 16.0. The highest BCUT2D eigenvalue weighted by atomic mass is 79.9. The molecule has 0 aliphatic carbocycles. The van der Waals surface area contributed by atoms with E-state index in [9.17, 15) is 4.79 Å². The quantitative estimate of drug-likeness (QED) is 0.643. The third kappa shape index (κ3) is 4.33. The zero-order valence-corrected chi connectivity index (χ0v) is 14.9. The molecule has 1 aliphatic heterocycles. The van der Waals surface area contributed by atoms with Crippen molar-refractivity contribution < 1.29 is 9.69 Å². The van der Waals surface area contributed by atoms with Gasteiger partial charge in [0.15, 0.2) is 0 Å². The van der Waals surface area contributed by atoms with E-state index in [-0.39, 0.29) is 5.91 Å². The lowest BCUT2D eigenvalue weighted by Gasteiger charge is -2.30. The van der Waals surface area contributed by atoms with Gasteiger partial charge in [0.25, 0.3) is 5.91 Å². The monoisotopic (exact) mass is 406 g/mol. The summed E-state index contributed by atoms with van der Waals surface area (Å²) in [5.41, 5.74) is 0.586. The van der Waals surface area contributed by atoms with Crippen LogP contribution in [0.2, 0.25) is 0 Å². The molecular weight excluding hydrogens is 386 g/mol. The van der Waals surface area contributed by atoms with Gasteiger partial charge in [-0.2, -0.15) is 0 Å². The molecule has 1 amide bonds. The van der Waals surface area contributed by atoms with Crippen molar-refractivity contribution in [1.29, 1.82) is 0 Å². The van der Waals surface area contributed by atoms with E-state index in [1.54, 1.807) is 11.0 Å².